The molecule has 0 amide bonds. The van der Waals surface area contributed by atoms with Crippen molar-refractivity contribution in [3.8, 4) is 51.0 Å². The molecule has 0 bridgehead atoms. The average molecular weight is 691 g/mol. The highest BCUT2D eigenvalue weighted by Crippen LogP contribution is 2.41. The van der Waals surface area contributed by atoms with Gasteiger partial charge in [-0.1, -0.05) is 140 Å². The van der Waals surface area contributed by atoms with Gasteiger partial charge in [0.25, 0.3) is 0 Å². The minimum atomic E-state index is 0.602. The van der Waals surface area contributed by atoms with Crippen molar-refractivity contribution in [1.29, 1.82) is 0 Å². The predicted molar refractivity (Wildman–Crippen MR) is 221 cm³/mol. The predicted octanol–water partition coefficient (Wildman–Crippen LogP) is 12.7. The molecule has 0 N–H and O–H groups in total. The fraction of sp³-hybridized carbons (Fsp3) is 0. The summed E-state index contributed by atoms with van der Waals surface area (Å²) in [5.41, 5.74) is 10.1. The summed E-state index contributed by atoms with van der Waals surface area (Å²) in [6.07, 6.45) is 0. The molecule has 0 unspecified atom stereocenters. The molecule has 3 aromatic heterocycles. The summed E-state index contributed by atoms with van der Waals surface area (Å²) in [5, 5.41) is 6.84. The molecule has 0 radical (unpaired) electrons. The molecule has 0 atom stereocenters. The quantitative estimate of drug-likeness (QED) is 0.180. The molecule has 0 fully saturated rings. The van der Waals surface area contributed by atoms with Crippen LogP contribution in [-0.4, -0.2) is 19.5 Å². The first-order chi connectivity index (χ1) is 26.8. The van der Waals surface area contributed by atoms with Crippen LogP contribution in [0.5, 0.6) is 0 Å². The molecule has 3 heterocycles. The molecule has 0 aliphatic carbocycles. The number of aromatic nitrogens is 4. The summed E-state index contributed by atoms with van der Waals surface area (Å²) < 4.78 is 9.04. The van der Waals surface area contributed by atoms with E-state index < -0.39 is 0 Å². The first-order valence-electron chi connectivity index (χ1n) is 18.1. The molecule has 8 aromatic carbocycles. The van der Waals surface area contributed by atoms with Crippen LogP contribution in [0, 0.1) is 0 Å². The van der Waals surface area contributed by atoms with Gasteiger partial charge in [0, 0.05) is 43.9 Å². The molecular formula is C49H30N4O. The van der Waals surface area contributed by atoms with Crippen LogP contribution in [0.15, 0.2) is 186 Å². The van der Waals surface area contributed by atoms with Crippen LogP contribution in [0.3, 0.4) is 0 Å². The Kier molecular flexibility index (Phi) is 6.79. The Morgan fingerprint density at radius 2 is 0.963 bits per heavy atom. The van der Waals surface area contributed by atoms with Gasteiger partial charge in [0.15, 0.2) is 17.5 Å². The molecule has 0 saturated heterocycles. The fourth-order valence-corrected chi connectivity index (χ4v) is 7.97. The van der Waals surface area contributed by atoms with Gasteiger partial charge in [0.1, 0.15) is 11.2 Å². The van der Waals surface area contributed by atoms with Crippen molar-refractivity contribution in [2.75, 3.05) is 0 Å². The SMILES string of the molecule is c1ccc(-c2nc(-c3ccccc3)nc(-c3cccc4oc5cc(-c6cc(-n7c8ccccc8c8ccccc87)cc7ccccc67)ccc5c34)n2)cc1. The van der Waals surface area contributed by atoms with Crippen molar-refractivity contribution in [2.24, 2.45) is 0 Å². The highest BCUT2D eigenvalue weighted by molar-refractivity contribution is 6.13. The van der Waals surface area contributed by atoms with Crippen LogP contribution in [0.2, 0.25) is 0 Å². The lowest BCUT2D eigenvalue weighted by Gasteiger charge is -2.14. The van der Waals surface area contributed by atoms with Crippen LogP contribution in [0.4, 0.5) is 0 Å². The van der Waals surface area contributed by atoms with E-state index in [-0.39, 0.29) is 0 Å². The molecule has 0 spiro atoms. The van der Waals surface area contributed by atoms with Gasteiger partial charge in [-0.3, -0.25) is 0 Å². The first-order valence-corrected chi connectivity index (χ1v) is 18.1. The highest BCUT2D eigenvalue weighted by atomic mass is 16.3. The molecular weight excluding hydrogens is 661 g/mol. The van der Waals surface area contributed by atoms with E-state index in [4.69, 9.17) is 19.4 Å². The Bertz CT molecular complexity index is 3110. The molecule has 11 aromatic rings. The molecule has 0 aliphatic rings. The maximum absolute atomic E-state index is 6.66. The van der Waals surface area contributed by atoms with Crippen molar-refractivity contribution in [1.82, 2.24) is 19.5 Å². The van der Waals surface area contributed by atoms with Crippen molar-refractivity contribution < 1.29 is 4.42 Å². The van der Waals surface area contributed by atoms with E-state index in [0.717, 1.165) is 55.4 Å². The second kappa shape index (κ2) is 12.1. The van der Waals surface area contributed by atoms with E-state index in [1.165, 1.54) is 32.6 Å². The highest BCUT2D eigenvalue weighted by Gasteiger charge is 2.19. The van der Waals surface area contributed by atoms with Crippen LogP contribution < -0.4 is 0 Å². The first kappa shape index (κ1) is 30.3. The van der Waals surface area contributed by atoms with E-state index in [1.54, 1.807) is 0 Å². The third kappa shape index (κ3) is 4.83. The average Bonchev–Trinajstić information content (AvgIpc) is 3.79. The van der Waals surface area contributed by atoms with Gasteiger partial charge in [0.05, 0.1) is 11.0 Å². The normalized spacial score (nSPS) is 11.7. The summed E-state index contributed by atoms with van der Waals surface area (Å²) in [6.45, 7) is 0. The molecule has 11 rings (SSSR count). The lowest BCUT2D eigenvalue weighted by molar-refractivity contribution is 0.669. The Balaban J connectivity index is 1.10. The Labute approximate surface area is 310 Å². The summed E-state index contributed by atoms with van der Waals surface area (Å²) >= 11 is 0. The van der Waals surface area contributed by atoms with E-state index in [1.807, 2.05) is 72.8 Å². The molecule has 5 heteroatoms. The van der Waals surface area contributed by atoms with E-state index in [9.17, 15) is 0 Å². The summed E-state index contributed by atoms with van der Waals surface area (Å²) in [6, 6.07) is 63.4. The Morgan fingerprint density at radius 1 is 0.370 bits per heavy atom. The zero-order valence-corrected chi connectivity index (χ0v) is 29.0. The van der Waals surface area contributed by atoms with Crippen LogP contribution in [0.25, 0.3) is 105 Å². The second-order valence-electron chi connectivity index (χ2n) is 13.6. The second-order valence-corrected chi connectivity index (χ2v) is 13.6. The monoisotopic (exact) mass is 690 g/mol. The van der Waals surface area contributed by atoms with E-state index >= 15 is 0 Å². The number of nitrogens with zero attached hydrogens (tertiary/aromatic N) is 4. The number of benzene rings is 8. The third-order valence-electron chi connectivity index (χ3n) is 10.4. The zero-order chi connectivity index (χ0) is 35.6. The van der Waals surface area contributed by atoms with E-state index in [0.29, 0.717) is 17.5 Å². The van der Waals surface area contributed by atoms with Crippen LogP contribution in [-0.2, 0) is 0 Å². The lowest BCUT2D eigenvalue weighted by Crippen LogP contribution is -2.00. The molecule has 0 aliphatic heterocycles. The number of fused-ring (bicyclic) bond motifs is 7. The molecule has 5 nitrogen and oxygen atoms in total. The van der Waals surface area contributed by atoms with Crippen molar-refractivity contribution in [2.45, 2.75) is 0 Å². The van der Waals surface area contributed by atoms with Gasteiger partial charge in [0.2, 0.25) is 0 Å². The molecule has 252 valence electrons. The van der Waals surface area contributed by atoms with Crippen molar-refractivity contribution in [3.05, 3.63) is 182 Å². The van der Waals surface area contributed by atoms with Gasteiger partial charge >= 0.3 is 0 Å². The topological polar surface area (TPSA) is 56.7 Å². The Morgan fingerprint density at radius 3 is 1.65 bits per heavy atom. The minimum Gasteiger partial charge on any atom is -0.456 e. The molecule has 54 heavy (non-hydrogen) atoms. The third-order valence-corrected chi connectivity index (χ3v) is 10.4. The zero-order valence-electron chi connectivity index (χ0n) is 29.0. The largest absolute Gasteiger partial charge is 0.456 e. The fourth-order valence-electron chi connectivity index (χ4n) is 7.97. The Hall–Kier alpha value is -7.37. The van der Waals surface area contributed by atoms with Crippen LogP contribution in [0.1, 0.15) is 0 Å². The van der Waals surface area contributed by atoms with Gasteiger partial charge < -0.3 is 8.98 Å². The maximum atomic E-state index is 6.66. The van der Waals surface area contributed by atoms with Crippen molar-refractivity contribution in [3.63, 3.8) is 0 Å². The van der Waals surface area contributed by atoms with Gasteiger partial charge in [-0.2, -0.15) is 0 Å². The van der Waals surface area contributed by atoms with Gasteiger partial charge in [-0.25, -0.2) is 15.0 Å². The van der Waals surface area contributed by atoms with Crippen LogP contribution >= 0.6 is 0 Å². The summed E-state index contributed by atoms with van der Waals surface area (Å²) in [7, 11) is 0. The van der Waals surface area contributed by atoms with Gasteiger partial charge in [-0.15, -0.1) is 0 Å². The summed E-state index contributed by atoms with van der Waals surface area (Å²) in [4.78, 5) is 15.0. The smallest absolute Gasteiger partial charge is 0.164 e. The lowest BCUT2D eigenvalue weighted by atomic mass is 9.96. The van der Waals surface area contributed by atoms with Crippen molar-refractivity contribution >= 4 is 54.5 Å². The maximum Gasteiger partial charge on any atom is 0.164 e. The van der Waals surface area contributed by atoms with E-state index in [2.05, 4.69) is 114 Å². The standard InChI is InChI=1S/C49H30N4O/c1-3-14-31(15-4-1)47-50-48(32-16-5-2-6-17-32)52-49(51-47)40-22-13-25-44-46(40)39-27-26-34(29-45(39)54-44)41-30-35(28-33-18-7-8-19-36(33)41)53-42-23-11-9-20-37(42)38-21-10-12-24-43(38)53/h1-30H. The number of furan rings is 1. The molecule has 0 saturated carbocycles. The number of rotatable bonds is 5. The summed E-state index contributed by atoms with van der Waals surface area (Å²) in [5.74, 6) is 1.85. The number of para-hydroxylation sites is 2. The number of hydrogen-bond donors (Lipinski definition) is 0. The number of hydrogen-bond acceptors (Lipinski definition) is 4. The van der Waals surface area contributed by atoms with Gasteiger partial charge in [-0.05, 0) is 64.4 Å². The minimum absolute atomic E-state index is 0.602.